The summed E-state index contributed by atoms with van der Waals surface area (Å²) in [4.78, 5) is 0. The third-order valence-electron chi connectivity index (χ3n) is 2.86. The Morgan fingerprint density at radius 1 is 1.25 bits per heavy atom. The van der Waals surface area contributed by atoms with Crippen molar-refractivity contribution in [2.45, 2.75) is 54.0 Å². The molecular formula is C13H25N3. The highest BCUT2D eigenvalue weighted by molar-refractivity contribution is 5.22. The largest absolute Gasteiger partial charge is 0.313 e. The molecule has 0 aliphatic heterocycles. The topological polar surface area (TPSA) is 40.7 Å². The van der Waals surface area contributed by atoms with Gasteiger partial charge in [-0.15, -0.1) is 0 Å². The van der Waals surface area contributed by atoms with E-state index < -0.39 is 0 Å². The van der Waals surface area contributed by atoms with E-state index in [9.17, 15) is 0 Å². The maximum atomic E-state index is 4.19. The van der Waals surface area contributed by atoms with Crippen LogP contribution in [-0.4, -0.2) is 16.7 Å². The first kappa shape index (κ1) is 13.2. The normalized spacial score (nSPS) is 12.1. The van der Waals surface area contributed by atoms with Gasteiger partial charge in [-0.25, -0.2) is 0 Å². The first-order valence-corrected chi connectivity index (χ1v) is 6.11. The molecule has 3 nitrogen and oxygen atoms in total. The van der Waals surface area contributed by atoms with Gasteiger partial charge < -0.3 is 5.32 Å². The van der Waals surface area contributed by atoms with E-state index in [0.717, 1.165) is 18.8 Å². The zero-order valence-electron chi connectivity index (χ0n) is 11.3. The molecule has 16 heavy (non-hydrogen) atoms. The Balaban J connectivity index is 2.22. The third-order valence-corrected chi connectivity index (χ3v) is 2.86. The van der Waals surface area contributed by atoms with Crippen molar-refractivity contribution in [3.8, 4) is 0 Å². The number of H-pyrrole nitrogens is 1. The maximum Gasteiger partial charge on any atom is 0.0638 e. The molecule has 0 aliphatic rings. The predicted octanol–water partition coefficient (Wildman–Crippen LogP) is 2.94. The highest BCUT2D eigenvalue weighted by atomic mass is 15.1. The zero-order chi connectivity index (χ0) is 12.2. The van der Waals surface area contributed by atoms with Gasteiger partial charge in [0.2, 0.25) is 0 Å². The predicted molar refractivity (Wildman–Crippen MR) is 68.5 cm³/mol. The summed E-state index contributed by atoms with van der Waals surface area (Å²) in [7, 11) is 0. The Morgan fingerprint density at radius 3 is 2.44 bits per heavy atom. The Bertz CT molecular complexity index is 301. The van der Waals surface area contributed by atoms with Crippen LogP contribution in [0.1, 0.15) is 50.6 Å². The molecule has 0 aromatic carbocycles. The molecule has 0 fully saturated rings. The van der Waals surface area contributed by atoms with Gasteiger partial charge in [-0.05, 0) is 38.6 Å². The van der Waals surface area contributed by atoms with Crippen molar-refractivity contribution in [1.29, 1.82) is 0 Å². The standard InChI is InChI=1S/C13H25N3/c1-10-12(11(2)16-15-10)9-14-8-6-7-13(3,4)5/h14H,6-9H2,1-5H3,(H,15,16). The lowest BCUT2D eigenvalue weighted by molar-refractivity contribution is 0.361. The SMILES string of the molecule is Cc1n[nH]c(C)c1CNCCCC(C)(C)C. The Labute approximate surface area is 99.0 Å². The molecule has 0 aliphatic carbocycles. The van der Waals surface area contributed by atoms with Gasteiger partial charge in [0.15, 0.2) is 0 Å². The minimum absolute atomic E-state index is 0.448. The lowest BCUT2D eigenvalue weighted by Crippen LogP contribution is -2.17. The molecule has 92 valence electrons. The zero-order valence-corrected chi connectivity index (χ0v) is 11.3. The average molecular weight is 223 g/mol. The molecule has 0 amide bonds. The summed E-state index contributed by atoms with van der Waals surface area (Å²) < 4.78 is 0. The molecule has 3 heteroatoms. The molecule has 1 heterocycles. The van der Waals surface area contributed by atoms with Crippen molar-refractivity contribution in [1.82, 2.24) is 15.5 Å². The fourth-order valence-corrected chi connectivity index (χ4v) is 1.79. The number of aromatic nitrogens is 2. The number of aryl methyl sites for hydroxylation is 2. The van der Waals surface area contributed by atoms with Crippen LogP contribution in [0, 0.1) is 19.3 Å². The smallest absolute Gasteiger partial charge is 0.0638 e. The first-order chi connectivity index (χ1) is 7.40. The van der Waals surface area contributed by atoms with Gasteiger partial charge in [0.1, 0.15) is 0 Å². The molecule has 1 rings (SSSR count). The summed E-state index contributed by atoms with van der Waals surface area (Å²) >= 11 is 0. The minimum atomic E-state index is 0.448. The fourth-order valence-electron chi connectivity index (χ4n) is 1.79. The molecule has 1 aromatic rings. The minimum Gasteiger partial charge on any atom is -0.313 e. The summed E-state index contributed by atoms with van der Waals surface area (Å²) in [5.74, 6) is 0. The van der Waals surface area contributed by atoms with Crippen molar-refractivity contribution in [2.24, 2.45) is 5.41 Å². The number of nitrogens with one attached hydrogen (secondary N) is 2. The van der Waals surface area contributed by atoms with E-state index in [-0.39, 0.29) is 0 Å². The number of rotatable bonds is 5. The van der Waals surface area contributed by atoms with Crippen molar-refractivity contribution in [2.75, 3.05) is 6.54 Å². The van der Waals surface area contributed by atoms with Crippen molar-refractivity contribution >= 4 is 0 Å². The molecule has 0 spiro atoms. The van der Waals surface area contributed by atoms with E-state index in [2.05, 4.69) is 50.1 Å². The van der Waals surface area contributed by atoms with Gasteiger partial charge in [-0.1, -0.05) is 20.8 Å². The number of nitrogens with zero attached hydrogens (tertiary/aromatic N) is 1. The summed E-state index contributed by atoms with van der Waals surface area (Å²) in [6.07, 6.45) is 2.50. The van der Waals surface area contributed by atoms with Crippen LogP contribution in [-0.2, 0) is 6.54 Å². The Hall–Kier alpha value is -0.830. The van der Waals surface area contributed by atoms with Crippen LogP contribution in [0.3, 0.4) is 0 Å². The van der Waals surface area contributed by atoms with E-state index >= 15 is 0 Å². The second-order valence-electron chi connectivity index (χ2n) is 5.75. The molecule has 2 N–H and O–H groups in total. The van der Waals surface area contributed by atoms with Gasteiger partial charge in [-0.2, -0.15) is 5.10 Å². The Morgan fingerprint density at radius 2 is 1.94 bits per heavy atom. The highest BCUT2D eigenvalue weighted by Gasteiger charge is 2.09. The molecule has 0 unspecified atom stereocenters. The molecule has 1 aromatic heterocycles. The van der Waals surface area contributed by atoms with Crippen LogP contribution in [0.15, 0.2) is 0 Å². The fraction of sp³-hybridized carbons (Fsp3) is 0.769. The van der Waals surface area contributed by atoms with Crippen LogP contribution in [0.4, 0.5) is 0 Å². The third kappa shape index (κ3) is 4.35. The molecular weight excluding hydrogens is 198 g/mol. The van der Waals surface area contributed by atoms with Crippen LogP contribution in [0.25, 0.3) is 0 Å². The lowest BCUT2D eigenvalue weighted by Gasteiger charge is -2.17. The average Bonchev–Trinajstić information content (AvgIpc) is 2.46. The van der Waals surface area contributed by atoms with Crippen LogP contribution < -0.4 is 5.32 Å². The number of hydrogen-bond donors (Lipinski definition) is 2. The van der Waals surface area contributed by atoms with E-state index in [0.29, 0.717) is 5.41 Å². The number of aromatic amines is 1. The van der Waals surface area contributed by atoms with Gasteiger partial charge in [0.25, 0.3) is 0 Å². The maximum absolute atomic E-state index is 4.19. The highest BCUT2D eigenvalue weighted by Crippen LogP contribution is 2.19. The van der Waals surface area contributed by atoms with Gasteiger partial charge >= 0.3 is 0 Å². The van der Waals surface area contributed by atoms with Gasteiger partial charge in [0.05, 0.1) is 5.69 Å². The quantitative estimate of drug-likeness (QED) is 0.753. The lowest BCUT2D eigenvalue weighted by atomic mass is 9.91. The summed E-state index contributed by atoms with van der Waals surface area (Å²) in [6.45, 7) is 13.0. The second kappa shape index (κ2) is 5.48. The van der Waals surface area contributed by atoms with E-state index in [1.807, 2.05) is 0 Å². The summed E-state index contributed by atoms with van der Waals surface area (Å²) in [5, 5.41) is 10.7. The summed E-state index contributed by atoms with van der Waals surface area (Å²) in [6, 6.07) is 0. The van der Waals surface area contributed by atoms with E-state index in [1.165, 1.54) is 24.1 Å². The van der Waals surface area contributed by atoms with Crippen LogP contribution >= 0.6 is 0 Å². The molecule has 0 saturated carbocycles. The van der Waals surface area contributed by atoms with E-state index in [4.69, 9.17) is 0 Å². The van der Waals surface area contributed by atoms with E-state index in [1.54, 1.807) is 0 Å². The molecule has 0 radical (unpaired) electrons. The molecule has 0 saturated heterocycles. The van der Waals surface area contributed by atoms with Crippen LogP contribution in [0.5, 0.6) is 0 Å². The van der Waals surface area contributed by atoms with Gasteiger partial charge in [0, 0.05) is 17.8 Å². The number of hydrogen-bond acceptors (Lipinski definition) is 2. The summed E-state index contributed by atoms with van der Waals surface area (Å²) in [5.41, 5.74) is 4.06. The molecule has 0 bridgehead atoms. The van der Waals surface area contributed by atoms with Crippen molar-refractivity contribution < 1.29 is 0 Å². The molecule has 0 atom stereocenters. The van der Waals surface area contributed by atoms with Gasteiger partial charge in [-0.3, -0.25) is 5.10 Å². The Kier molecular flexibility index (Phi) is 4.54. The second-order valence-corrected chi connectivity index (χ2v) is 5.75. The van der Waals surface area contributed by atoms with Crippen LogP contribution in [0.2, 0.25) is 0 Å². The first-order valence-electron chi connectivity index (χ1n) is 6.11. The van der Waals surface area contributed by atoms with Crippen molar-refractivity contribution in [3.63, 3.8) is 0 Å². The van der Waals surface area contributed by atoms with Crippen molar-refractivity contribution in [3.05, 3.63) is 17.0 Å². The monoisotopic (exact) mass is 223 g/mol.